The fourth-order valence-corrected chi connectivity index (χ4v) is 2.59. The number of aromatic amines is 1. The highest BCUT2D eigenvalue weighted by Crippen LogP contribution is 2.21. The van der Waals surface area contributed by atoms with Crippen LogP contribution in [0, 0.1) is 5.82 Å². The molecule has 1 aromatic heterocycles. The molecule has 0 fully saturated rings. The zero-order chi connectivity index (χ0) is 16.4. The largest absolute Gasteiger partial charge is 0.322 e. The van der Waals surface area contributed by atoms with Crippen LogP contribution in [0.25, 0.3) is 10.9 Å². The van der Waals surface area contributed by atoms with Crippen LogP contribution < -0.4 is 10.5 Å². The molecule has 23 heavy (non-hydrogen) atoms. The van der Waals surface area contributed by atoms with Crippen molar-refractivity contribution in [3.05, 3.63) is 76.3 Å². The zero-order valence-electron chi connectivity index (χ0n) is 12.5. The second kappa shape index (κ2) is 6.04. The first-order valence-corrected chi connectivity index (χ1v) is 7.29. The molecular formula is C18H15FN2O2. The van der Waals surface area contributed by atoms with Crippen molar-refractivity contribution in [3.63, 3.8) is 0 Å². The third kappa shape index (κ3) is 2.85. The van der Waals surface area contributed by atoms with Crippen molar-refractivity contribution in [1.82, 2.24) is 4.98 Å². The van der Waals surface area contributed by atoms with Gasteiger partial charge >= 0.3 is 0 Å². The standard InChI is InChI=1S/C18H15FN2O2/c1-2-21(13-9-7-12(19)8-10-13)18(23)15-11-17(22)20-16-6-4-3-5-14(15)16/h3-11H,2H2,1H3,(H,20,22). The van der Waals surface area contributed by atoms with Crippen LogP contribution in [0.5, 0.6) is 0 Å². The van der Waals surface area contributed by atoms with Gasteiger partial charge in [-0.3, -0.25) is 9.59 Å². The van der Waals surface area contributed by atoms with E-state index >= 15 is 0 Å². The number of hydrogen-bond acceptors (Lipinski definition) is 2. The van der Waals surface area contributed by atoms with Crippen LogP contribution in [0.2, 0.25) is 0 Å². The Bertz CT molecular complexity index is 916. The molecule has 0 bridgehead atoms. The molecule has 0 aliphatic rings. The van der Waals surface area contributed by atoms with Crippen LogP contribution >= 0.6 is 0 Å². The predicted octanol–water partition coefficient (Wildman–Crippen LogP) is 3.33. The number of para-hydroxylation sites is 1. The first-order chi connectivity index (χ1) is 11.1. The van der Waals surface area contributed by atoms with E-state index < -0.39 is 0 Å². The third-order valence-corrected chi connectivity index (χ3v) is 3.68. The molecule has 1 N–H and O–H groups in total. The molecule has 2 aromatic carbocycles. The van der Waals surface area contributed by atoms with E-state index in [1.165, 1.54) is 23.1 Å². The number of aromatic nitrogens is 1. The molecule has 0 saturated heterocycles. The number of H-pyrrole nitrogens is 1. The topological polar surface area (TPSA) is 53.2 Å². The third-order valence-electron chi connectivity index (χ3n) is 3.68. The van der Waals surface area contributed by atoms with Gasteiger partial charge in [-0.2, -0.15) is 0 Å². The van der Waals surface area contributed by atoms with Gasteiger partial charge in [0, 0.05) is 29.2 Å². The van der Waals surface area contributed by atoms with Gasteiger partial charge in [0.2, 0.25) is 5.56 Å². The number of nitrogens with zero attached hydrogens (tertiary/aromatic N) is 1. The average Bonchev–Trinajstić information content (AvgIpc) is 2.56. The first-order valence-electron chi connectivity index (χ1n) is 7.29. The molecule has 1 amide bonds. The molecular weight excluding hydrogens is 295 g/mol. The van der Waals surface area contributed by atoms with Gasteiger partial charge in [-0.15, -0.1) is 0 Å². The highest BCUT2D eigenvalue weighted by atomic mass is 19.1. The van der Waals surface area contributed by atoms with Crippen LogP contribution in [0.1, 0.15) is 17.3 Å². The quantitative estimate of drug-likeness (QED) is 0.806. The molecule has 0 atom stereocenters. The van der Waals surface area contributed by atoms with E-state index in [1.807, 2.05) is 13.0 Å². The van der Waals surface area contributed by atoms with Crippen molar-refractivity contribution in [2.45, 2.75) is 6.92 Å². The van der Waals surface area contributed by atoms with Crippen molar-refractivity contribution in [2.75, 3.05) is 11.4 Å². The molecule has 0 spiro atoms. The number of halogens is 1. The van der Waals surface area contributed by atoms with Gasteiger partial charge in [0.15, 0.2) is 0 Å². The zero-order valence-corrected chi connectivity index (χ0v) is 12.5. The second-order valence-corrected chi connectivity index (χ2v) is 5.12. The summed E-state index contributed by atoms with van der Waals surface area (Å²) in [5.74, 6) is -0.653. The summed E-state index contributed by atoms with van der Waals surface area (Å²) in [7, 11) is 0. The maximum absolute atomic E-state index is 13.1. The molecule has 0 aliphatic heterocycles. The van der Waals surface area contributed by atoms with E-state index in [9.17, 15) is 14.0 Å². The number of nitrogens with one attached hydrogen (secondary N) is 1. The van der Waals surface area contributed by atoms with Crippen LogP contribution in [0.15, 0.2) is 59.4 Å². The summed E-state index contributed by atoms with van der Waals surface area (Å²) in [6, 6.07) is 14.2. The van der Waals surface area contributed by atoms with Gasteiger partial charge in [-0.1, -0.05) is 18.2 Å². The fourth-order valence-electron chi connectivity index (χ4n) is 2.59. The summed E-state index contributed by atoms with van der Waals surface area (Å²) in [4.78, 5) is 29.0. The summed E-state index contributed by atoms with van der Waals surface area (Å²) >= 11 is 0. The highest BCUT2D eigenvalue weighted by molar-refractivity contribution is 6.13. The van der Waals surface area contributed by atoms with Crippen molar-refractivity contribution in [2.24, 2.45) is 0 Å². The molecule has 0 unspecified atom stereocenters. The number of anilines is 1. The van der Waals surface area contributed by atoms with Crippen LogP contribution in [0.3, 0.4) is 0 Å². The van der Waals surface area contributed by atoms with Crippen molar-refractivity contribution < 1.29 is 9.18 Å². The van der Waals surface area contributed by atoms with Crippen molar-refractivity contribution in [1.29, 1.82) is 0 Å². The Labute approximate surface area is 132 Å². The Hall–Kier alpha value is -2.95. The molecule has 5 heteroatoms. The minimum absolute atomic E-state index is 0.290. The molecule has 116 valence electrons. The smallest absolute Gasteiger partial charge is 0.259 e. The van der Waals surface area contributed by atoms with Crippen LogP contribution in [0.4, 0.5) is 10.1 Å². The van der Waals surface area contributed by atoms with Gasteiger partial charge in [0.25, 0.3) is 5.91 Å². The lowest BCUT2D eigenvalue weighted by Crippen LogP contribution is -2.31. The van der Waals surface area contributed by atoms with Gasteiger partial charge in [0.1, 0.15) is 5.82 Å². The average molecular weight is 310 g/mol. The molecule has 0 saturated carbocycles. The number of carbonyl (C=O) groups excluding carboxylic acids is 1. The van der Waals surface area contributed by atoms with Crippen LogP contribution in [-0.2, 0) is 0 Å². The van der Waals surface area contributed by atoms with E-state index in [2.05, 4.69) is 4.98 Å². The lowest BCUT2D eigenvalue weighted by Gasteiger charge is -2.21. The lowest BCUT2D eigenvalue weighted by atomic mass is 10.1. The van der Waals surface area contributed by atoms with Crippen molar-refractivity contribution >= 4 is 22.5 Å². The molecule has 3 rings (SSSR count). The predicted molar refractivity (Wildman–Crippen MR) is 88.3 cm³/mol. The Balaban J connectivity index is 2.11. The van der Waals surface area contributed by atoms with Crippen molar-refractivity contribution in [3.8, 4) is 0 Å². The van der Waals surface area contributed by atoms with Gasteiger partial charge in [0.05, 0.1) is 5.56 Å². The van der Waals surface area contributed by atoms with E-state index in [1.54, 1.807) is 30.3 Å². The first kappa shape index (κ1) is 15.0. The van der Waals surface area contributed by atoms with E-state index in [-0.39, 0.29) is 17.3 Å². The summed E-state index contributed by atoms with van der Waals surface area (Å²) in [6.07, 6.45) is 0. The maximum atomic E-state index is 13.1. The number of carbonyl (C=O) groups is 1. The molecule has 3 aromatic rings. The molecule has 0 aliphatic carbocycles. The number of fused-ring (bicyclic) bond motifs is 1. The number of benzene rings is 2. The number of hydrogen-bond donors (Lipinski definition) is 1. The SMILES string of the molecule is CCN(C(=O)c1cc(=O)[nH]c2ccccc12)c1ccc(F)cc1. The summed E-state index contributed by atoms with van der Waals surface area (Å²) < 4.78 is 13.1. The Morgan fingerprint density at radius 3 is 2.52 bits per heavy atom. The molecule has 4 nitrogen and oxygen atoms in total. The number of pyridine rings is 1. The summed E-state index contributed by atoms with van der Waals surface area (Å²) in [5, 5.41) is 0.678. The normalized spacial score (nSPS) is 10.7. The highest BCUT2D eigenvalue weighted by Gasteiger charge is 2.19. The van der Waals surface area contributed by atoms with E-state index in [0.29, 0.717) is 28.7 Å². The minimum atomic E-state index is -0.362. The van der Waals surface area contributed by atoms with E-state index in [4.69, 9.17) is 0 Å². The van der Waals surface area contributed by atoms with Gasteiger partial charge < -0.3 is 9.88 Å². The van der Waals surface area contributed by atoms with Crippen LogP contribution in [-0.4, -0.2) is 17.4 Å². The maximum Gasteiger partial charge on any atom is 0.259 e. The Morgan fingerprint density at radius 2 is 1.83 bits per heavy atom. The van der Waals surface area contributed by atoms with Gasteiger partial charge in [-0.05, 0) is 37.3 Å². The lowest BCUT2D eigenvalue weighted by molar-refractivity contribution is 0.0989. The summed E-state index contributed by atoms with van der Waals surface area (Å²) in [6.45, 7) is 2.24. The van der Waals surface area contributed by atoms with E-state index in [0.717, 1.165) is 0 Å². The molecule has 0 radical (unpaired) electrons. The Morgan fingerprint density at radius 1 is 1.13 bits per heavy atom. The summed E-state index contributed by atoms with van der Waals surface area (Å²) in [5.41, 5.74) is 1.19. The number of amides is 1. The second-order valence-electron chi connectivity index (χ2n) is 5.12. The number of rotatable bonds is 3. The monoisotopic (exact) mass is 310 g/mol. The molecule has 1 heterocycles. The minimum Gasteiger partial charge on any atom is -0.322 e. The fraction of sp³-hybridized carbons (Fsp3) is 0.111. The Kier molecular flexibility index (Phi) is 3.93. The van der Waals surface area contributed by atoms with Gasteiger partial charge in [-0.25, -0.2) is 4.39 Å².